The summed E-state index contributed by atoms with van der Waals surface area (Å²) >= 11 is 0. The molecule has 0 saturated carbocycles. The number of aromatic nitrogens is 1. The predicted molar refractivity (Wildman–Crippen MR) is 80.0 cm³/mol. The van der Waals surface area contributed by atoms with Crippen molar-refractivity contribution >= 4 is 15.7 Å². The zero-order valence-corrected chi connectivity index (χ0v) is 12.2. The quantitative estimate of drug-likeness (QED) is 0.805. The highest BCUT2D eigenvalue weighted by molar-refractivity contribution is 7.92. The van der Waals surface area contributed by atoms with E-state index < -0.39 is 10.0 Å². The minimum Gasteiger partial charge on any atom is -0.451 e. The number of hydrogen-bond donors (Lipinski definition) is 1. The summed E-state index contributed by atoms with van der Waals surface area (Å²) < 4.78 is 33.8. The van der Waals surface area contributed by atoms with Crippen molar-refractivity contribution in [1.29, 1.82) is 0 Å². The van der Waals surface area contributed by atoms with Gasteiger partial charge in [-0.25, -0.2) is 0 Å². The van der Waals surface area contributed by atoms with E-state index >= 15 is 0 Å². The highest BCUT2D eigenvalue weighted by Gasteiger charge is 2.18. The van der Waals surface area contributed by atoms with E-state index in [2.05, 4.69) is 4.72 Å². The third kappa shape index (κ3) is 2.71. The van der Waals surface area contributed by atoms with Gasteiger partial charge in [0.05, 0.1) is 12.0 Å². The fraction of sp³-hybridized carbons (Fsp3) is 0.0667. The van der Waals surface area contributed by atoms with Crippen LogP contribution in [0.4, 0.5) is 5.69 Å². The second-order valence-electron chi connectivity index (χ2n) is 4.63. The molecule has 0 amide bonds. The Hall–Kier alpha value is -2.47. The SMILES string of the molecule is Cc1ccc(-n2cccc2)cc1NS(=O)(=O)c1ccco1. The maximum Gasteiger partial charge on any atom is 0.295 e. The second-order valence-corrected chi connectivity index (χ2v) is 6.24. The van der Waals surface area contributed by atoms with E-state index in [1.807, 2.05) is 48.1 Å². The van der Waals surface area contributed by atoms with Crippen LogP contribution in [-0.2, 0) is 10.0 Å². The van der Waals surface area contributed by atoms with E-state index in [-0.39, 0.29) is 5.09 Å². The van der Waals surface area contributed by atoms with Gasteiger partial charge in [-0.1, -0.05) is 6.07 Å². The number of rotatable bonds is 4. The molecular formula is C15H14N2O3S. The van der Waals surface area contributed by atoms with Crippen molar-refractivity contribution in [3.63, 3.8) is 0 Å². The lowest BCUT2D eigenvalue weighted by Crippen LogP contribution is -2.13. The van der Waals surface area contributed by atoms with Crippen molar-refractivity contribution < 1.29 is 12.8 Å². The number of nitrogens with one attached hydrogen (secondary N) is 1. The van der Waals surface area contributed by atoms with Gasteiger partial charge in [0.1, 0.15) is 0 Å². The Labute approximate surface area is 122 Å². The van der Waals surface area contributed by atoms with E-state index in [0.29, 0.717) is 5.69 Å². The van der Waals surface area contributed by atoms with Gasteiger partial charge in [0.25, 0.3) is 10.0 Å². The fourth-order valence-electron chi connectivity index (χ4n) is 2.00. The van der Waals surface area contributed by atoms with Gasteiger partial charge in [0.15, 0.2) is 0 Å². The maximum absolute atomic E-state index is 12.2. The molecule has 0 saturated heterocycles. The van der Waals surface area contributed by atoms with Crippen molar-refractivity contribution in [2.24, 2.45) is 0 Å². The summed E-state index contributed by atoms with van der Waals surface area (Å²) in [6.45, 7) is 1.85. The molecule has 108 valence electrons. The Bertz CT molecular complexity index is 835. The Morgan fingerprint density at radius 1 is 1.10 bits per heavy atom. The first-order valence-corrected chi connectivity index (χ1v) is 7.85. The molecule has 1 N–H and O–H groups in total. The fourth-order valence-corrected chi connectivity index (χ4v) is 3.05. The van der Waals surface area contributed by atoms with Crippen LogP contribution in [0.2, 0.25) is 0 Å². The summed E-state index contributed by atoms with van der Waals surface area (Å²) in [5.74, 6) is 0. The molecule has 5 nitrogen and oxygen atoms in total. The summed E-state index contributed by atoms with van der Waals surface area (Å²) in [5.41, 5.74) is 2.24. The van der Waals surface area contributed by atoms with E-state index in [1.165, 1.54) is 18.4 Å². The minimum absolute atomic E-state index is 0.103. The summed E-state index contributed by atoms with van der Waals surface area (Å²) in [5, 5.41) is -0.103. The normalized spacial score (nSPS) is 11.5. The summed E-state index contributed by atoms with van der Waals surface area (Å²) in [4.78, 5) is 0. The van der Waals surface area contributed by atoms with Crippen molar-refractivity contribution in [2.45, 2.75) is 12.0 Å². The van der Waals surface area contributed by atoms with Crippen LogP contribution in [0, 0.1) is 6.92 Å². The highest BCUT2D eigenvalue weighted by atomic mass is 32.2. The van der Waals surface area contributed by atoms with E-state index in [0.717, 1.165) is 11.3 Å². The molecule has 2 heterocycles. The first-order valence-electron chi connectivity index (χ1n) is 6.36. The molecule has 6 heteroatoms. The third-order valence-electron chi connectivity index (χ3n) is 3.13. The standard InChI is InChI=1S/C15H14N2O3S/c1-12-6-7-13(17-8-2-3-9-17)11-14(12)16-21(18,19)15-5-4-10-20-15/h2-11,16H,1H3. The Morgan fingerprint density at radius 2 is 1.86 bits per heavy atom. The number of nitrogens with zero attached hydrogens (tertiary/aromatic N) is 1. The Balaban J connectivity index is 1.97. The van der Waals surface area contributed by atoms with Gasteiger partial charge in [-0.05, 0) is 48.9 Å². The molecule has 21 heavy (non-hydrogen) atoms. The van der Waals surface area contributed by atoms with Crippen molar-refractivity contribution in [1.82, 2.24) is 4.57 Å². The van der Waals surface area contributed by atoms with Gasteiger partial charge >= 0.3 is 0 Å². The van der Waals surface area contributed by atoms with Crippen LogP contribution >= 0.6 is 0 Å². The van der Waals surface area contributed by atoms with Gasteiger partial charge in [-0.2, -0.15) is 8.42 Å². The summed E-state index contributed by atoms with van der Waals surface area (Å²) in [6.07, 6.45) is 5.13. The van der Waals surface area contributed by atoms with Crippen LogP contribution < -0.4 is 4.72 Å². The van der Waals surface area contributed by atoms with Crippen LogP contribution in [0.1, 0.15) is 5.56 Å². The van der Waals surface area contributed by atoms with Gasteiger partial charge in [-0.3, -0.25) is 4.72 Å². The molecule has 0 radical (unpaired) electrons. The Morgan fingerprint density at radius 3 is 2.52 bits per heavy atom. The van der Waals surface area contributed by atoms with E-state index in [9.17, 15) is 8.42 Å². The average Bonchev–Trinajstić information content (AvgIpc) is 3.14. The number of aryl methyl sites for hydroxylation is 1. The predicted octanol–water partition coefficient (Wildman–Crippen LogP) is 3.18. The topological polar surface area (TPSA) is 64.2 Å². The number of sulfonamides is 1. The molecule has 0 aliphatic carbocycles. The minimum atomic E-state index is -3.70. The smallest absolute Gasteiger partial charge is 0.295 e. The highest BCUT2D eigenvalue weighted by Crippen LogP contribution is 2.23. The molecule has 0 fully saturated rings. The van der Waals surface area contributed by atoms with Gasteiger partial charge in [0.2, 0.25) is 5.09 Å². The second kappa shape index (κ2) is 5.14. The molecule has 0 aliphatic heterocycles. The maximum atomic E-state index is 12.2. The van der Waals surface area contributed by atoms with Crippen molar-refractivity contribution in [3.05, 3.63) is 66.7 Å². The zero-order valence-electron chi connectivity index (χ0n) is 11.4. The van der Waals surface area contributed by atoms with Gasteiger partial charge in [-0.15, -0.1) is 0 Å². The monoisotopic (exact) mass is 302 g/mol. The van der Waals surface area contributed by atoms with Crippen molar-refractivity contribution in [2.75, 3.05) is 4.72 Å². The average molecular weight is 302 g/mol. The molecule has 3 aromatic rings. The lowest BCUT2D eigenvalue weighted by Gasteiger charge is -2.11. The third-order valence-corrected chi connectivity index (χ3v) is 4.38. The summed E-state index contributed by atoms with van der Waals surface area (Å²) in [7, 11) is -3.70. The number of anilines is 1. The van der Waals surface area contributed by atoms with Crippen molar-refractivity contribution in [3.8, 4) is 5.69 Å². The molecule has 1 aromatic carbocycles. The molecule has 0 aliphatic rings. The molecule has 0 spiro atoms. The van der Waals surface area contributed by atoms with Crippen LogP contribution in [-0.4, -0.2) is 13.0 Å². The molecular weight excluding hydrogens is 288 g/mol. The molecule has 0 atom stereocenters. The van der Waals surface area contributed by atoms with Gasteiger partial charge < -0.3 is 8.98 Å². The number of furan rings is 1. The Kier molecular flexibility index (Phi) is 3.31. The summed E-state index contributed by atoms with van der Waals surface area (Å²) in [6, 6.07) is 12.4. The molecule has 0 bridgehead atoms. The van der Waals surface area contributed by atoms with Gasteiger partial charge in [0, 0.05) is 18.1 Å². The van der Waals surface area contributed by atoms with Crippen LogP contribution in [0.3, 0.4) is 0 Å². The number of benzene rings is 1. The van der Waals surface area contributed by atoms with Crippen LogP contribution in [0.15, 0.2) is 70.6 Å². The van der Waals surface area contributed by atoms with Crippen LogP contribution in [0.5, 0.6) is 0 Å². The molecule has 3 rings (SSSR count). The largest absolute Gasteiger partial charge is 0.451 e. The first kappa shape index (κ1) is 13.5. The number of hydrogen-bond acceptors (Lipinski definition) is 3. The van der Waals surface area contributed by atoms with E-state index in [4.69, 9.17) is 4.42 Å². The van der Waals surface area contributed by atoms with E-state index in [1.54, 1.807) is 6.07 Å². The van der Waals surface area contributed by atoms with Crippen LogP contribution in [0.25, 0.3) is 5.69 Å². The molecule has 2 aromatic heterocycles. The molecule has 0 unspecified atom stereocenters. The first-order chi connectivity index (χ1) is 10.1. The zero-order chi connectivity index (χ0) is 14.9. The lowest BCUT2D eigenvalue weighted by molar-refractivity contribution is 0.452. The lowest BCUT2D eigenvalue weighted by atomic mass is 10.2.